The van der Waals surface area contributed by atoms with Gasteiger partial charge in [-0.3, -0.25) is 0 Å². The summed E-state index contributed by atoms with van der Waals surface area (Å²) in [6.07, 6.45) is 4.81. The first-order valence-corrected chi connectivity index (χ1v) is 14.2. The number of benzene rings is 2. The van der Waals surface area contributed by atoms with Gasteiger partial charge in [0, 0.05) is 43.2 Å². The second-order valence-corrected chi connectivity index (χ2v) is 11.3. The van der Waals surface area contributed by atoms with Gasteiger partial charge in [0.05, 0.1) is 18.5 Å². The van der Waals surface area contributed by atoms with Gasteiger partial charge in [-0.1, -0.05) is 30.3 Å². The number of nitrogens with zero attached hydrogens (tertiary/aromatic N) is 3. The molecule has 5 rings (SSSR count). The first-order valence-electron chi connectivity index (χ1n) is 12.8. The van der Waals surface area contributed by atoms with E-state index in [1.807, 2.05) is 54.6 Å². The largest absolute Gasteiger partial charge is 0.497 e. The first kappa shape index (κ1) is 25.0. The molecule has 0 saturated carbocycles. The monoisotopic (exact) mass is 509 g/mol. The molecule has 2 saturated heterocycles. The van der Waals surface area contributed by atoms with E-state index in [-0.39, 0.29) is 6.54 Å². The van der Waals surface area contributed by atoms with Gasteiger partial charge in [-0.05, 0) is 63.0 Å². The zero-order valence-electron chi connectivity index (χ0n) is 20.8. The number of methoxy groups -OCH3 is 1. The van der Waals surface area contributed by atoms with Crippen molar-refractivity contribution in [2.45, 2.75) is 38.1 Å². The van der Waals surface area contributed by atoms with Crippen LogP contribution < -0.4 is 9.46 Å². The number of aromatic nitrogens is 2. The SMILES string of the molecule is COc1ccc(-c2[nH]c(-c3ccccc3)nc2CCNS(=O)(=O)N2CCC(N3CCCC3)CC2)cc1. The first-order chi connectivity index (χ1) is 17.5. The second-order valence-electron chi connectivity index (χ2n) is 9.52. The predicted octanol–water partition coefficient (Wildman–Crippen LogP) is 3.69. The molecule has 2 aromatic carbocycles. The van der Waals surface area contributed by atoms with Gasteiger partial charge in [-0.15, -0.1) is 0 Å². The van der Waals surface area contributed by atoms with Crippen LogP contribution in [0.2, 0.25) is 0 Å². The molecule has 0 bridgehead atoms. The summed E-state index contributed by atoms with van der Waals surface area (Å²) in [5.41, 5.74) is 3.68. The lowest BCUT2D eigenvalue weighted by molar-refractivity contribution is 0.167. The molecule has 2 fully saturated rings. The van der Waals surface area contributed by atoms with Crippen molar-refractivity contribution < 1.29 is 13.2 Å². The van der Waals surface area contributed by atoms with Crippen LogP contribution in [0.5, 0.6) is 5.75 Å². The number of likely N-dealkylation sites (tertiary alicyclic amines) is 1. The van der Waals surface area contributed by atoms with Crippen LogP contribution in [-0.4, -0.2) is 73.5 Å². The van der Waals surface area contributed by atoms with Crippen LogP contribution in [0.15, 0.2) is 54.6 Å². The Labute approximate surface area is 213 Å². The summed E-state index contributed by atoms with van der Waals surface area (Å²) in [7, 11) is -1.88. The smallest absolute Gasteiger partial charge is 0.279 e. The number of aromatic amines is 1. The van der Waals surface area contributed by atoms with Crippen molar-refractivity contribution in [2.24, 2.45) is 0 Å². The van der Waals surface area contributed by atoms with E-state index in [9.17, 15) is 8.42 Å². The van der Waals surface area contributed by atoms with Crippen molar-refractivity contribution in [3.8, 4) is 28.4 Å². The van der Waals surface area contributed by atoms with Crippen molar-refractivity contribution in [3.63, 3.8) is 0 Å². The minimum Gasteiger partial charge on any atom is -0.497 e. The summed E-state index contributed by atoms with van der Waals surface area (Å²) in [5.74, 6) is 1.55. The fourth-order valence-corrected chi connectivity index (χ4v) is 6.50. The lowest BCUT2D eigenvalue weighted by Crippen LogP contribution is -2.49. The van der Waals surface area contributed by atoms with Gasteiger partial charge in [-0.2, -0.15) is 12.7 Å². The Hall–Kier alpha value is -2.72. The van der Waals surface area contributed by atoms with Crippen LogP contribution in [0.4, 0.5) is 0 Å². The number of piperidine rings is 1. The Kier molecular flexibility index (Phi) is 7.71. The molecule has 0 atom stereocenters. The second kappa shape index (κ2) is 11.1. The van der Waals surface area contributed by atoms with Crippen LogP contribution in [0.25, 0.3) is 22.6 Å². The summed E-state index contributed by atoms with van der Waals surface area (Å²) in [5, 5.41) is 0. The molecule has 2 aliphatic heterocycles. The minimum absolute atomic E-state index is 0.288. The lowest BCUT2D eigenvalue weighted by Gasteiger charge is -2.35. The van der Waals surface area contributed by atoms with Crippen LogP contribution in [0.3, 0.4) is 0 Å². The highest BCUT2D eigenvalue weighted by molar-refractivity contribution is 7.87. The number of H-pyrrole nitrogens is 1. The van der Waals surface area contributed by atoms with Crippen molar-refractivity contribution in [1.29, 1.82) is 0 Å². The van der Waals surface area contributed by atoms with Gasteiger partial charge in [0.1, 0.15) is 11.6 Å². The molecule has 9 heteroatoms. The molecule has 192 valence electrons. The third-order valence-corrected chi connectivity index (χ3v) is 8.89. The van der Waals surface area contributed by atoms with E-state index in [0.29, 0.717) is 25.6 Å². The summed E-state index contributed by atoms with van der Waals surface area (Å²) in [6, 6.07) is 18.3. The molecule has 36 heavy (non-hydrogen) atoms. The molecular formula is C27H35N5O3S. The maximum absolute atomic E-state index is 13.0. The summed E-state index contributed by atoms with van der Waals surface area (Å²) in [6.45, 7) is 3.75. The third kappa shape index (κ3) is 5.64. The number of imidazole rings is 1. The molecule has 2 N–H and O–H groups in total. The highest BCUT2D eigenvalue weighted by Gasteiger charge is 2.31. The average molecular weight is 510 g/mol. The van der Waals surface area contributed by atoms with E-state index >= 15 is 0 Å². The van der Waals surface area contributed by atoms with Crippen molar-refractivity contribution in [1.82, 2.24) is 23.9 Å². The normalized spacial score (nSPS) is 18.0. The van der Waals surface area contributed by atoms with Crippen LogP contribution in [0.1, 0.15) is 31.4 Å². The van der Waals surface area contributed by atoms with Crippen LogP contribution in [0, 0.1) is 0 Å². The molecule has 1 aromatic heterocycles. The predicted molar refractivity (Wildman–Crippen MR) is 142 cm³/mol. The topological polar surface area (TPSA) is 90.6 Å². The van der Waals surface area contributed by atoms with E-state index in [2.05, 4.69) is 14.6 Å². The zero-order chi connectivity index (χ0) is 25.0. The van der Waals surface area contributed by atoms with E-state index in [1.54, 1.807) is 11.4 Å². The number of ether oxygens (including phenoxy) is 1. The van der Waals surface area contributed by atoms with Gasteiger partial charge in [0.15, 0.2) is 0 Å². The Morgan fingerprint density at radius 3 is 2.33 bits per heavy atom. The Morgan fingerprint density at radius 2 is 1.67 bits per heavy atom. The molecule has 2 aliphatic rings. The molecule has 3 aromatic rings. The quantitative estimate of drug-likeness (QED) is 0.459. The average Bonchev–Trinajstić information content (AvgIpc) is 3.60. The molecular weight excluding hydrogens is 474 g/mol. The number of nitrogens with one attached hydrogen (secondary N) is 2. The zero-order valence-corrected chi connectivity index (χ0v) is 21.6. The molecule has 8 nitrogen and oxygen atoms in total. The van der Waals surface area contributed by atoms with Gasteiger partial charge in [-0.25, -0.2) is 9.71 Å². The van der Waals surface area contributed by atoms with Crippen LogP contribution >= 0.6 is 0 Å². The minimum atomic E-state index is -3.52. The molecule has 0 amide bonds. The van der Waals surface area contributed by atoms with Gasteiger partial charge in [0.25, 0.3) is 10.2 Å². The maximum atomic E-state index is 13.0. The highest BCUT2D eigenvalue weighted by atomic mass is 32.2. The Balaban J connectivity index is 1.26. The maximum Gasteiger partial charge on any atom is 0.279 e. The fraction of sp³-hybridized carbons (Fsp3) is 0.444. The number of rotatable bonds is 9. The van der Waals surface area contributed by atoms with E-state index in [1.165, 1.54) is 12.8 Å². The standard InChI is InChI=1S/C27H35N5O3S/c1-35-24-11-9-21(10-12-24)26-25(29-27(30-26)22-7-3-2-4-8-22)13-16-28-36(33,34)32-19-14-23(15-20-32)31-17-5-6-18-31/h2-4,7-12,23,28H,5-6,13-20H2,1H3,(H,29,30). The summed E-state index contributed by atoms with van der Waals surface area (Å²) < 4.78 is 35.7. The fourth-order valence-electron chi connectivity index (χ4n) is 5.26. The molecule has 0 spiro atoms. The van der Waals surface area contributed by atoms with Crippen molar-refractivity contribution in [2.75, 3.05) is 39.8 Å². The van der Waals surface area contributed by atoms with Gasteiger partial charge in [0.2, 0.25) is 0 Å². The van der Waals surface area contributed by atoms with Crippen LogP contribution in [-0.2, 0) is 16.6 Å². The molecule has 0 radical (unpaired) electrons. The Morgan fingerprint density at radius 1 is 0.972 bits per heavy atom. The molecule has 3 heterocycles. The Bertz CT molecular complexity index is 1230. The van der Waals surface area contributed by atoms with Crippen molar-refractivity contribution >= 4 is 10.2 Å². The van der Waals surface area contributed by atoms with E-state index in [0.717, 1.165) is 60.0 Å². The van der Waals surface area contributed by atoms with E-state index < -0.39 is 10.2 Å². The third-order valence-electron chi connectivity index (χ3n) is 7.27. The number of hydrogen-bond donors (Lipinski definition) is 2. The molecule has 0 unspecified atom stereocenters. The highest BCUT2D eigenvalue weighted by Crippen LogP contribution is 2.28. The lowest BCUT2D eigenvalue weighted by atomic mass is 10.1. The summed E-state index contributed by atoms with van der Waals surface area (Å²) in [4.78, 5) is 10.8. The van der Waals surface area contributed by atoms with Crippen molar-refractivity contribution in [3.05, 3.63) is 60.3 Å². The molecule has 0 aliphatic carbocycles. The summed E-state index contributed by atoms with van der Waals surface area (Å²) >= 11 is 0. The van der Waals surface area contributed by atoms with Gasteiger partial charge >= 0.3 is 0 Å². The number of hydrogen-bond acceptors (Lipinski definition) is 5. The van der Waals surface area contributed by atoms with Gasteiger partial charge < -0.3 is 14.6 Å². The van der Waals surface area contributed by atoms with E-state index in [4.69, 9.17) is 9.72 Å².